The van der Waals surface area contributed by atoms with Gasteiger partial charge in [0.25, 0.3) is 10.1 Å². The number of hydrogen-bond donors (Lipinski definition) is 1. The van der Waals surface area contributed by atoms with Crippen molar-refractivity contribution in [3.8, 4) is 0 Å². The predicted molar refractivity (Wildman–Crippen MR) is 163 cm³/mol. The van der Waals surface area contributed by atoms with Crippen molar-refractivity contribution in [1.29, 1.82) is 0 Å². The molecule has 0 aromatic heterocycles. The van der Waals surface area contributed by atoms with Crippen LogP contribution in [-0.4, -0.2) is 49.3 Å². The fourth-order valence-electron chi connectivity index (χ4n) is 4.83. The molecular formula is C32H55NO5S. The zero-order valence-electron chi connectivity index (χ0n) is 24.8. The fourth-order valence-corrected chi connectivity index (χ4v) is 5.32. The minimum absolute atomic E-state index is 0.153. The smallest absolute Gasteiger partial charge is 0.305 e. The van der Waals surface area contributed by atoms with Gasteiger partial charge in [0.1, 0.15) is 6.61 Å². The van der Waals surface area contributed by atoms with Crippen LogP contribution in [0, 0.1) is 0 Å². The minimum Gasteiger partial charge on any atom is -0.464 e. The number of nitrogens with zero attached hydrogens (tertiary/aromatic N) is 1. The molecule has 0 unspecified atom stereocenters. The number of hydrogen-bond acceptors (Lipinski definition) is 5. The van der Waals surface area contributed by atoms with E-state index in [2.05, 4.69) is 13.5 Å². The van der Waals surface area contributed by atoms with Gasteiger partial charge in [0.15, 0.2) is 0 Å². The monoisotopic (exact) mass is 565 g/mol. The summed E-state index contributed by atoms with van der Waals surface area (Å²) in [4.78, 5) is 14.1. The summed E-state index contributed by atoms with van der Waals surface area (Å²) in [5.41, 5.74) is 2.96. The lowest BCUT2D eigenvalue weighted by atomic mass is 10.0. The average Bonchev–Trinajstić information content (AvgIpc) is 2.89. The molecule has 0 bridgehead atoms. The summed E-state index contributed by atoms with van der Waals surface area (Å²) >= 11 is 0. The summed E-state index contributed by atoms with van der Waals surface area (Å²) in [6.45, 7) is 9.43. The third-order valence-corrected chi connectivity index (χ3v) is 7.89. The van der Waals surface area contributed by atoms with Gasteiger partial charge in [0.2, 0.25) is 0 Å². The number of carbonyl (C=O) groups is 1. The highest BCUT2D eigenvalue weighted by Gasteiger charge is 2.14. The zero-order valence-corrected chi connectivity index (χ0v) is 25.6. The number of benzene rings is 1. The third kappa shape index (κ3) is 19.9. The second-order valence-corrected chi connectivity index (χ2v) is 12.5. The van der Waals surface area contributed by atoms with Crippen LogP contribution in [0.4, 0.5) is 0 Å². The van der Waals surface area contributed by atoms with Crippen molar-refractivity contribution in [3.63, 3.8) is 0 Å². The molecule has 0 saturated heterocycles. The normalized spacial score (nSPS) is 11.7. The Morgan fingerprint density at radius 2 is 1.36 bits per heavy atom. The lowest BCUT2D eigenvalue weighted by molar-refractivity contribution is -0.144. The predicted octanol–water partition coefficient (Wildman–Crippen LogP) is 8.21. The molecule has 0 saturated carbocycles. The van der Waals surface area contributed by atoms with Crippen molar-refractivity contribution in [2.45, 2.75) is 123 Å². The zero-order chi connectivity index (χ0) is 28.8. The van der Waals surface area contributed by atoms with Crippen LogP contribution in [0.1, 0.15) is 128 Å². The maximum atomic E-state index is 12.2. The molecule has 6 nitrogen and oxygen atoms in total. The van der Waals surface area contributed by atoms with Gasteiger partial charge in [-0.25, -0.2) is 0 Å². The molecule has 0 aliphatic carbocycles. The Labute approximate surface area is 239 Å². The summed E-state index contributed by atoms with van der Waals surface area (Å²) in [5.74, 6) is -0.572. The molecule has 0 fully saturated rings. The number of carbonyl (C=O) groups excluding carboxylic acids is 1. The average molecular weight is 566 g/mol. The number of rotatable bonds is 25. The van der Waals surface area contributed by atoms with Gasteiger partial charge >= 0.3 is 5.97 Å². The molecule has 0 spiro atoms. The van der Waals surface area contributed by atoms with E-state index in [-0.39, 0.29) is 24.9 Å². The maximum Gasteiger partial charge on any atom is 0.305 e. The Hall–Kier alpha value is -1.70. The van der Waals surface area contributed by atoms with Gasteiger partial charge in [-0.1, -0.05) is 133 Å². The summed E-state index contributed by atoms with van der Waals surface area (Å²) < 4.78 is 37.2. The fraction of sp³-hybridized carbons (Fsp3) is 0.719. The van der Waals surface area contributed by atoms with E-state index in [4.69, 9.17) is 4.74 Å². The minimum atomic E-state index is -4.08. The highest BCUT2D eigenvalue weighted by Crippen LogP contribution is 2.19. The first-order valence-electron chi connectivity index (χ1n) is 15.3. The van der Waals surface area contributed by atoms with E-state index in [0.29, 0.717) is 19.5 Å². The standard InChI is InChI=1S/C32H55NO5S/c1-4-5-6-7-8-9-10-11-12-13-14-15-16-17-18-23-32(34)38-26-24-33(25-27-39(35,36)37)28-30-21-19-20-22-31(30)29(2)3/h19-22H,2,4-18,23-28H2,1,3H3,(H,35,36,37). The van der Waals surface area contributed by atoms with E-state index >= 15 is 0 Å². The van der Waals surface area contributed by atoms with Crippen molar-refractivity contribution >= 4 is 21.7 Å². The van der Waals surface area contributed by atoms with Gasteiger partial charge in [0.05, 0.1) is 5.75 Å². The van der Waals surface area contributed by atoms with Crippen molar-refractivity contribution in [1.82, 2.24) is 4.90 Å². The van der Waals surface area contributed by atoms with E-state index in [9.17, 15) is 17.8 Å². The Morgan fingerprint density at radius 3 is 1.87 bits per heavy atom. The van der Waals surface area contributed by atoms with E-state index < -0.39 is 10.1 Å². The highest BCUT2D eigenvalue weighted by atomic mass is 32.2. The van der Waals surface area contributed by atoms with Crippen LogP contribution in [0.3, 0.4) is 0 Å². The van der Waals surface area contributed by atoms with E-state index in [1.165, 1.54) is 77.0 Å². The number of allylic oxidation sites excluding steroid dienone is 1. The van der Waals surface area contributed by atoms with E-state index in [0.717, 1.165) is 36.0 Å². The molecule has 7 heteroatoms. The van der Waals surface area contributed by atoms with Gasteiger partial charge in [-0.3, -0.25) is 14.2 Å². The van der Waals surface area contributed by atoms with Gasteiger partial charge in [-0.2, -0.15) is 8.42 Å². The molecule has 0 atom stereocenters. The number of unbranched alkanes of at least 4 members (excludes halogenated alkanes) is 14. The molecule has 1 aromatic carbocycles. The molecule has 1 aromatic rings. The third-order valence-electron chi connectivity index (χ3n) is 7.19. The Kier molecular flexibility index (Phi) is 20.0. The lowest BCUT2D eigenvalue weighted by Crippen LogP contribution is -2.32. The first kappa shape index (κ1) is 35.3. The molecule has 0 heterocycles. The van der Waals surface area contributed by atoms with Gasteiger partial charge in [-0.05, 0) is 24.5 Å². The van der Waals surface area contributed by atoms with E-state index in [1.54, 1.807) is 0 Å². The SMILES string of the molecule is C=C(C)c1ccccc1CN(CCOC(=O)CCCCCCCCCCCCCCCCC)CCS(=O)(=O)O. The van der Waals surface area contributed by atoms with Crippen molar-refractivity contribution in [2.24, 2.45) is 0 Å². The van der Waals surface area contributed by atoms with Crippen LogP contribution in [-0.2, 0) is 26.2 Å². The molecule has 224 valence electrons. The van der Waals surface area contributed by atoms with Crippen LogP contribution < -0.4 is 0 Å². The Bertz CT molecular complexity index is 900. The molecule has 0 radical (unpaired) electrons. The molecule has 0 aliphatic rings. The second-order valence-electron chi connectivity index (χ2n) is 10.9. The van der Waals surface area contributed by atoms with Crippen molar-refractivity contribution in [3.05, 3.63) is 42.0 Å². The van der Waals surface area contributed by atoms with Gasteiger partial charge < -0.3 is 4.74 Å². The van der Waals surface area contributed by atoms with Crippen LogP contribution in [0.25, 0.3) is 5.57 Å². The summed E-state index contributed by atoms with van der Waals surface area (Å²) in [6.07, 6.45) is 19.7. The van der Waals surface area contributed by atoms with Crippen molar-refractivity contribution in [2.75, 3.05) is 25.4 Å². The highest BCUT2D eigenvalue weighted by molar-refractivity contribution is 7.85. The van der Waals surface area contributed by atoms with Crippen LogP contribution in [0.2, 0.25) is 0 Å². The lowest BCUT2D eigenvalue weighted by Gasteiger charge is -2.23. The van der Waals surface area contributed by atoms with Crippen LogP contribution >= 0.6 is 0 Å². The largest absolute Gasteiger partial charge is 0.464 e. The quantitative estimate of drug-likeness (QED) is 0.0730. The van der Waals surface area contributed by atoms with Crippen LogP contribution in [0.15, 0.2) is 30.8 Å². The van der Waals surface area contributed by atoms with Crippen molar-refractivity contribution < 1.29 is 22.5 Å². The summed E-state index contributed by atoms with van der Waals surface area (Å²) in [5, 5.41) is 0. The molecule has 1 N–H and O–H groups in total. The first-order valence-corrected chi connectivity index (χ1v) is 16.9. The Morgan fingerprint density at radius 1 is 0.846 bits per heavy atom. The number of esters is 1. The Balaban J connectivity index is 2.17. The topological polar surface area (TPSA) is 83.9 Å². The molecule has 39 heavy (non-hydrogen) atoms. The van der Waals surface area contributed by atoms with Gasteiger partial charge in [-0.15, -0.1) is 0 Å². The summed E-state index contributed by atoms with van der Waals surface area (Å²) in [6, 6.07) is 7.83. The number of ether oxygens (including phenoxy) is 1. The van der Waals surface area contributed by atoms with Gasteiger partial charge in [0, 0.05) is 26.1 Å². The summed E-state index contributed by atoms with van der Waals surface area (Å²) in [7, 11) is -4.08. The molecule has 0 aliphatic heterocycles. The second kappa shape index (κ2) is 22.0. The molecule has 0 amide bonds. The van der Waals surface area contributed by atoms with Crippen LogP contribution in [0.5, 0.6) is 0 Å². The molecular weight excluding hydrogens is 510 g/mol. The first-order chi connectivity index (χ1) is 18.7. The molecule has 1 rings (SSSR count). The van der Waals surface area contributed by atoms with E-state index in [1.807, 2.05) is 36.1 Å². The maximum absolute atomic E-state index is 12.2.